The lowest BCUT2D eigenvalue weighted by Gasteiger charge is -2.43. The number of piperidine rings is 2. The molecule has 0 saturated carbocycles. The molecule has 4 nitrogen and oxygen atoms in total. The minimum atomic E-state index is 0.129. The fourth-order valence-corrected chi connectivity index (χ4v) is 4.33. The summed E-state index contributed by atoms with van der Waals surface area (Å²) in [5.74, 6) is 1.17. The smallest absolute Gasteiger partial charge is 0.167 e. The molecule has 2 heterocycles. The molecular weight excluding hydrogens is 312 g/mol. The van der Waals surface area contributed by atoms with Crippen LogP contribution in [0.4, 0.5) is 0 Å². The third-order valence-corrected chi connectivity index (χ3v) is 5.92. The van der Waals surface area contributed by atoms with Crippen molar-refractivity contribution in [2.45, 2.75) is 51.6 Å². The summed E-state index contributed by atoms with van der Waals surface area (Å²) in [5, 5.41) is 0. The van der Waals surface area contributed by atoms with Crippen LogP contribution in [0, 0.1) is 5.92 Å². The van der Waals surface area contributed by atoms with E-state index in [9.17, 15) is 4.79 Å². The van der Waals surface area contributed by atoms with Crippen molar-refractivity contribution in [2.75, 3.05) is 33.3 Å². The van der Waals surface area contributed by atoms with Gasteiger partial charge in [0.15, 0.2) is 5.78 Å². The van der Waals surface area contributed by atoms with Gasteiger partial charge < -0.3 is 9.64 Å². The van der Waals surface area contributed by atoms with Crippen molar-refractivity contribution in [3.05, 3.63) is 29.8 Å². The number of rotatable bonds is 5. The number of hydrogen-bond donors (Lipinski definition) is 0. The molecule has 1 aromatic carbocycles. The number of Topliss-reactive ketones (excluding diaryl/α,β-unsaturated/α-hetero) is 1. The van der Waals surface area contributed by atoms with Crippen molar-refractivity contribution in [2.24, 2.45) is 5.92 Å². The van der Waals surface area contributed by atoms with Gasteiger partial charge in [0.2, 0.25) is 0 Å². The highest BCUT2D eigenvalue weighted by Crippen LogP contribution is 2.27. The summed E-state index contributed by atoms with van der Waals surface area (Å²) in [6.45, 7) is 9.01. The Kier molecular flexibility index (Phi) is 6.13. The van der Waals surface area contributed by atoms with E-state index >= 15 is 0 Å². The van der Waals surface area contributed by atoms with Crippen LogP contribution in [0.25, 0.3) is 0 Å². The van der Waals surface area contributed by atoms with E-state index < -0.39 is 0 Å². The molecule has 1 atom stereocenters. The largest absolute Gasteiger partial charge is 0.497 e. The second kappa shape index (κ2) is 8.33. The van der Waals surface area contributed by atoms with Crippen LogP contribution in [0.3, 0.4) is 0 Å². The molecule has 25 heavy (non-hydrogen) atoms. The second-order valence-corrected chi connectivity index (χ2v) is 7.79. The third kappa shape index (κ3) is 4.42. The van der Waals surface area contributed by atoms with Gasteiger partial charge in [-0.15, -0.1) is 0 Å². The van der Waals surface area contributed by atoms with Gasteiger partial charge in [0, 0.05) is 30.1 Å². The van der Waals surface area contributed by atoms with Crippen LogP contribution in [0.2, 0.25) is 0 Å². The van der Waals surface area contributed by atoms with Gasteiger partial charge in [-0.3, -0.25) is 9.69 Å². The van der Waals surface area contributed by atoms with E-state index in [0.717, 1.165) is 37.2 Å². The van der Waals surface area contributed by atoms with Crippen molar-refractivity contribution in [3.8, 4) is 5.75 Å². The van der Waals surface area contributed by atoms with Crippen LogP contribution in [0.5, 0.6) is 5.75 Å². The van der Waals surface area contributed by atoms with E-state index in [4.69, 9.17) is 4.74 Å². The number of hydrogen-bond acceptors (Lipinski definition) is 4. The minimum absolute atomic E-state index is 0.129. The normalized spacial score (nSPS) is 23.8. The van der Waals surface area contributed by atoms with Crippen molar-refractivity contribution in [1.82, 2.24) is 9.80 Å². The fourth-order valence-electron chi connectivity index (χ4n) is 4.33. The Morgan fingerprint density at radius 3 is 2.60 bits per heavy atom. The number of ketones is 1. The molecule has 0 radical (unpaired) electrons. The van der Waals surface area contributed by atoms with Crippen LogP contribution < -0.4 is 4.74 Å². The van der Waals surface area contributed by atoms with E-state index in [1.807, 2.05) is 24.3 Å². The summed E-state index contributed by atoms with van der Waals surface area (Å²) < 4.78 is 5.27. The molecule has 0 unspecified atom stereocenters. The van der Waals surface area contributed by atoms with Crippen molar-refractivity contribution < 1.29 is 9.53 Å². The summed E-state index contributed by atoms with van der Waals surface area (Å²) in [7, 11) is 1.65. The number of ether oxygens (including phenoxy) is 1. The Morgan fingerprint density at radius 2 is 1.92 bits per heavy atom. The third-order valence-electron chi connectivity index (χ3n) is 5.92. The summed E-state index contributed by atoms with van der Waals surface area (Å²) in [6, 6.07) is 8.90. The van der Waals surface area contributed by atoms with Gasteiger partial charge in [-0.25, -0.2) is 0 Å². The average Bonchev–Trinajstić information content (AvgIpc) is 2.67. The first kappa shape index (κ1) is 18.4. The summed E-state index contributed by atoms with van der Waals surface area (Å²) in [6.07, 6.45) is 4.61. The number of carbonyl (C=O) groups excluding carboxylic acids is 1. The van der Waals surface area contributed by atoms with Gasteiger partial charge in [0.1, 0.15) is 5.75 Å². The molecule has 2 aliphatic heterocycles. The van der Waals surface area contributed by atoms with Gasteiger partial charge in [0.05, 0.1) is 7.11 Å². The number of benzene rings is 1. The Labute approximate surface area is 152 Å². The number of methoxy groups -OCH3 is 1. The van der Waals surface area contributed by atoms with E-state index in [-0.39, 0.29) is 11.7 Å². The summed E-state index contributed by atoms with van der Waals surface area (Å²) in [4.78, 5) is 18.1. The molecule has 2 fully saturated rings. The molecule has 2 aliphatic rings. The Morgan fingerprint density at radius 1 is 1.16 bits per heavy atom. The zero-order valence-corrected chi connectivity index (χ0v) is 15.9. The molecule has 0 spiro atoms. The maximum absolute atomic E-state index is 12.9. The maximum Gasteiger partial charge on any atom is 0.167 e. The van der Waals surface area contributed by atoms with Crippen molar-refractivity contribution in [1.29, 1.82) is 0 Å². The van der Waals surface area contributed by atoms with Gasteiger partial charge >= 0.3 is 0 Å². The number of nitrogens with zero attached hydrogens (tertiary/aromatic N) is 2. The molecule has 4 heteroatoms. The van der Waals surface area contributed by atoms with Crippen LogP contribution in [-0.4, -0.2) is 61.0 Å². The van der Waals surface area contributed by atoms with Gasteiger partial charge in [-0.2, -0.15) is 0 Å². The highest BCUT2D eigenvalue weighted by Gasteiger charge is 2.32. The van der Waals surface area contributed by atoms with Gasteiger partial charge in [-0.05, 0) is 71.3 Å². The van der Waals surface area contributed by atoms with Crippen molar-refractivity contribution in [3.63, 3.8) is 0 Å². The van der Waals surface area contributed by atoms with Crippen LogP contribution in [0.1, 0.15) is 49.9 Å². The molecule has 138 valence electrons. The molecule has 2 saturated heterocycles. The van der Waals surface area contributed by atoms with E-state index in [2.05, 4.69) is 23.6 Å². The van der Waals surface area contributed by atoms with Crippen molar-refractivity contribution >= 4 is 5.78 Å². The molecule has 0 aromatic heterocycles. The fraction of sp³-hybridized carbons (Fsp3) is 0.667. The highest BCUT2D eigenvalue weighted by molar-refractivity contribution is 5.98. The quantitative estimate of drug-likeness (QED) is 0.766. The monoisotopic (exact) mass is 344 g/mol. The zero-order valence-electron chi connectivity index (χ0n) is 15.9. The SMILES string of the molecule is COc1cccc(C(=O)[C@@H]2CCCN(C3CCN(C(C)C)CC3)C2)c1. The van der Waals surface area contributed by atoms with E-state index in [1.165, 1.54) is 25.9 Å². The lowest BCUT2D eigenvalue weighted by molar-refractivity contribution is 0.0544. The molecule has 0 aliphatic carbocycles. The minimum Gasteiger partial charge on any atom is -0.497 e. The van der Waals surface area contributed by atoms with E-state index in [0.29, 0.717) is 12.1 Å². The summed E-state index contributed by atoms with van der Waals surface area (Å²) in [5.41, 5.74) is 0.792. The topological polar surface area (TPSA) is 32.8 Å². The highest BCUT2D eigenvalue weighted by atomic mass is 16.5. The zero-order chi connectivity index (χ0) is 17.8. The molecule has 3 rings (SSSR count). The first-order chi connectivity index (χ1) is 12.1. The predicted octanol–water partition coefficient (Wildman–Crippen LogP) is 3.46. The Balaban J connectivity index is 1.60. The van der Waals surface area contributed by atoms with Crippen LogP contribution in [-0.2, 0) is 0 Å². The molecule has 1 aromatic rings. The molecule has 0 bridgehead atoms. The number of carbonyl (C=O) groups is 1. The lowest BCUT2D eigenvalue weighted by atomic mass is 9.88. The Hall–Kier alpha value is -1.39. The lowest BCUT2D eigenvalue weighted by Crippen LogP contribution is -2.50. The molecular formula is C21H32N2O2. The average molecular weight is 344 g/mol. The van der Waals surface area contributed by atoms with Crippen LogP contribution in [0.15, 0.2) is 24.3 Å². The number of likely N-dealkylation sites (tertiary alicyclic amines) is 2. The van der Waals surface area contributed by atoms with Gasteiger partial charge in [0.25, 0.3) is 0 Å². The Bertz CT molecular complexity index is 579. The summed E-state index contributed by atoms with van der Waals surface area (Å²) >= 11 is 0. The first-order valence-electron chi connectivity index (χ1n) is 9.75. The first-order valence-corrected chi connectivity index (χ1v) is 9.75. The predicted molar refractivity (Wildman–Crippen MR) is 101 cm³/mol. The maximum atomic E-state index is 12.9. The van der Waals surface area contributed by atoms with E-state index in [1.54, 1.807) is 7.11 Å². The van der Waals surface area contributed by atoms with Crippen LogP contribution >= 0.6 is 0 Å². The standard InChI is InChI=1S/C21H32N2O2/c1-16(2)22-12-9-19(10-13-22)23-11-5-7-18(15-23)21(24)17-6-4-8-20(14-17)25-3/h4,6,8,14,16,18-19H,5,7,9-13,15H2,1-3H3/t18-/m1/s1. The van der Waals surface area contributed by atoms with Gasteiger partial charge in [-0.1, -0.05) is 12.1 Å². The second-order valence-electron chi connectivity index (χ2n) is 7.79. The molecule has 0 amide bonds. The molecule has 0 N–H and O–H groups in total.